The lowest BCUT2D eigenvalue weighted by Crippen LogP contribution is -2.50. The van der Waals surface area contributed by atoms with Gasteiger partial charge in [0.15, 0.2) is 0 Å². The predicted octanol–water partition coefficient (Wildman–Crippen LogP) is -1.39. The number of halogens is 1. The fourth-order valence-corrected chi connectivity index (χ4v) is 0.757. The van der Waals surface area contributed by atoms with E-state index in [1.165, 1.54) is 0 Å². The van der Waals surface area contributed by atoms with Gasteiger partial charge >= 0.3 is 0 Å². The summed E-state index contributed by atoms with van der Waals surface area (Å²) >= 11 is 0. The molecule has 5 N–H and O–H groups in total. The molecule has 94 valence electrons. The van der Waals surface area contributed by atoms with E-state index in [9.17, 15) is 4.39 Å². The molecule has 0 amide bonds. The van der Waals surface area contributed by atoms with Crippen LogP contribution in [0.25, 0.3) is 0 Å². The second-order valence-electron chi connectivity index (χ2n) is 3.71. The standard InChI is InChI=1S/C7H6BF.C4H11NO3/c8-7-3-1-6(5-9)2-4-7;5-4(1-6,2-7)3-8/h1-4H,5H2;6-8H,1-3,5H2. The van der Waals surface area contributed by atoms with Gasteiger partial charge < -0.3 is 21.1 Å². The Hall–Kier alpha value is -0.945. The van der Waals surface area contributed by atoms with Gasteiger partial charge in [-0.3, -0.25) is 0 Å². The second kappa shape index (κ2) is 8.19. The molecular weight excluding hydrogens is 224 g/mol. The Morgan fingerprint density at radius 3 is 1.71 bits per heavy atom. The van der Waals surface area contributed by atoms with Crippen LogP contribution in [-0.4, -0.2) is 48.5 Å². The number of alkyl halides is 1. The summed E-state index contributed by atoms with van der Waals surface area (Å²) in [6.07, 6.45) is 0. The first kappa shape index (κ1) is 16.1. The van der Waals surface area contributed by atoms with E-state index in [1.807, 2.05) is 0 Å². The van der Waals surface area contributed by atoms with Crippen LogP contribution in [-0.2, 0) is 6.67 Å². The zero-order valence-electron chi connectivity index (χ0n) is 9.51. The zero-order valence-corrected chi connectivity index (χ0v) is 9.51. The lowest BCUT2D eigenvalue weighted by molar-refractivity contribution is 0.0698. The third-order valence-corrected chi connectivity index (χ3v) is 2.08. The first-order valence-electron chi connectivity index (χ1n) is 5.03. The molecule has 0 aliphatic carbocycles. The summed E-state index contributed by atoms with van der Waals surface area (Å²) < 4.78 is 11.8. The summed E-state index contributed by atoms with van der Waals surface area (Å²) in [6.45, 7) is -1.62. The van der Waals surface area contributed by atoms with Crippen LogP contribution >= 0.6 is 0 Å². The third-order valence-electron chi connectivity index (χ3n) is 2.08. The Morgan fingerprint density at radius 1 is 1.06 bits per heavy atom. The van der Waals surface area contributed by atoms with Crippen LogP contribution in [0.4, 0.5) is 4.39 Å². The quantitative estimate of drug-likeness (QED) is 0.489. The minimum atomic E-state index is -1.21. The number of aliphatic hydroxyl groups excluding tert-OH is 3. The van der Waals surface area contributed by atoms with Gasteiger partial charge in [-0.25, -0.2) is 4.39 Å². The highest BCUT2D eigenvalue weighted by Crippen LogP contribution is 1.96. The minimum Gasteiger partial charge on any atom is -0.394 e. The molecule has 2 radical (unpaired) electrons. The van der Waals surface area contributed by atoms with Crippen molar-refractivity contribution in [3.05, 3.63) is 29.8 Å². The molecule has 0 bridgehead atoms. The van der Waals surface area contributed by atoms with Crippen molar-refractivity contribution in [1.29, 1.82) is 0 Å². The van der Waals surface area contributed by atoms with Gasteiger partial charge in [0.25, 0.3) is 0 Å². The van der Waals surface area contributed by atoms with Gasteiger partial charge in [-0.15, -0.1) is 0 Å². The van der Waals surface area contributed by atoms with Gasteiger partial charge in [-0.1, -0.05) is 29.7 Å². The second-order valence-corrected chi connectivity index (χ2v) is 3.71. The van der Waals surface area contributed by atoms with Crippen molar-refractivity contribution in [3.8, 4) is 0 Å². The fourth-order valence-electron chi connectivity index (χ4n) is 0.757. The highest BCUT2D eigenvalue weighted by atomic mass is 19.1. The molecule has 0 saturated carbocycles. The average Bonchev–Trinajstić information content (AvgIpc) is 2.39. The average molecular weight is 241 g/mol. The Labute approximate surface area is 101 Å². The van der Waals surface area contributed by atoms with E-state index in [0.29, 0.717) is 11.0 Å². The maximum atomic E-state index is 11.8. The van der Waals surface area contributed by atoms with Crippen molar-refractivity contribution in [1.82, 2.24) is 0 Å². The number of hydrogen-bond acceptors (Lipinski definition) is 4. The highest BCUT2D eigenvalue weighted by molar-refractivity contribution is 6.32. The Balaban J connectivity index is 0.000000304. The first-order chi connectivity index (χ1) is 8.01. The van der Waals surface area contributed by atoms with Crippen molar-refractivity contribution in [2.75, 3.05) is 19.8 Å². The molecule has 0 saturated heterocycles. The minimum absolute atomic E-state index is 0.403. The lowest BCUT2D eigenvalue weighted by Gasteiger charge is -2.20. The Bertz CT molecular complexity index is 296. The molecule has 6 heteroatoms. The number of aliphatic hydroxyl groups is 3. The molecule has 0 aliphatic heterocycles. The summed E-state index contributed by atoms with van der Waals surface area (Å²) in [5.41, 5.74) is 5.28. The van der Waals surface area contributed by atoms with E-state index in [-0.39, 0.29) is 0 Å². The van der Waals surface area contributed by atoms with Crippen molar-refractivity contribution < 1.29 is 19.7 Å². The summed E-state index contributed by atoms with van der Waals surface area (Å²) in [4.78, 5) is 0. The Morgan fingerprint density at radius 2 is 1.47 bits per heavy atom. The van der Waals surface area contributed by atoms with Gasteiger partial charge in [0.05, 0.1) is 25.4 Å². The molecule has 4 nitrogen and oxygen atoms in total. The van der Waals surface area contributed by atoms with E-state index in [1.54, 1.807) is 24.3 Å². The fraction of sp³-hybridized carbons (Fsp3) is 0.455. The van der Waals surface area contributed by atoms with Crippen molar-refractivity contribution in [2.45, 2.75) is 12.2 Å². The van der Waals surface area contributed by atoms with Crippen LogP contribution in [0.1, 0.15) is 5.56 Å². The number of benzene rings is 1. The van der Waals surface area contributed by atoms with Crippen LogP contribution in [0.3, 0.4) is 0 Å². The summed E-state index contributed by atoms with van der Waals surface area (Å²) in [5.74, 6) is 0. The number of nitrogens with two attached hydrogens (primary N) is 1. The van der Waals surface area contributed by atoms with Crippen molar-refractivity contribution in [3.63, 3.8) is 0 Å². The van der Waals surface area contributed by atoms with Crippen molar-refractivity contribution in [2.24, 2.45) is 5.73 Å². The molecule has 0 heterocycles. The zero-order chi connectivity index (χ0) is 13.3. The van der Waals surface area contributed by atoms with Crippen LogP contribution in [0.15, 0.2) is 24.3 Å². The van der Waals surface area contributed by atoms with Gasteiger partial charge in [0.1, 0.15) is 14.5 Å². The highest BCUT2D eigenvalue weighted by Gasteiger charge is 2.20. The first-order valence-corrected chi connectivity index (χ1v) is 5.03. The molecule has 0 atom stereocenters. The maximum Gasteiger partial charge on any atom is 0.115 e. The molecule has 0 aromatic heterocycles. The summed E-state index contributed by atoms with van der Waals surface area (Å²) in [5, 5.41) is 25.0. The van der Waals surface area contributed by atoms with Gasteiger partial charge in [0, 0.05) is 0 Å². The molecule has 0 unspecified atom stereocenters. The van der Waals surface area contributed by atoms with Crippen LogP contribution in [0, 0.1) is 0 Å². The van der Waals surface area contributed by atoms with E-state index in [0.717, 1.165) is 0 Å². The molecule has 1 rings (SSSR count). The largest absolute Gasteiger partial charge is 0.394 e. The van der Waals surface area contributed by atoms with Gasteiger partial charge in [0.2, 0.25) is 0 Å². The monoisotopic (exact) mass is 241 g/mol. The van der Waals surface area contributed by atoms with Crippen LogP contribution in [0.2, 0.25) is 0 Å². The van der Waals surface area contributed by atoms with Gasteiger partial charge in [-0.05, 0) is 5.56 Å². The SMILES string of the molecule is NC(CO)(CO)CO.[B]c1ccc(CF)cc1. The number of rotatable bonds is 4. The lowest BCUT2D eigenvalue weighted by atomic mass is 9.96. The van der Waals surface area contributed by atoms with E-state index < -0.39 is 32.0 Å². The normalized spacial score (nSPS) is 10.6. The summed E-state index contributed by atoms with van der Waals surface area (Å²) in [6, 6.07) is 6.73. The van der Waals surface area contributed by atoms with Crippen molar-refractivity contribution >= 4 is 13.3 Å². The molecule has 0 spiro atoms. The van der Waals surface area contributed by atoms with Crippen LogP contribution in [0.5, 0.6) is 0 Å². The maximum absolute atomic E-state index is 11.8. The van der Waals surface area contributed by atoms with E-state index in [4.69, 9.17) is 28.9 Å². The van der Waals surface area contributed by atoms with Crippen LogP contribution < -0.4 is 11.2 Å². The number of hydrogen-bond donors (Lipinski definition) is 4. The molecule has 1 aromatic carbocycles. The van der Waals surface area contributed by atoms with E-state index >= 15 is 0 Å². The molecule has 1 aromatic rings. The molecule has 0 fully saturated rings. The summed E-state index contributed by atoms with van der Waals surface area (Å²) in [7, 11) is 5.36. The molecule has 17 heavy (non-hydrogen) atoms. The smallest absolute Gasteiger partial charge is 0.115 e. The topological polar surface area (TPSA) is 86.7 Å². The third kappa shape index (κ3) is 6.38. The van der Waals surface area contributed by atoms with E-state index in [2.05, 4.69) is 0 Å². The predicted molar refractivity (Wildman–Crippen MR) is 64.8 cm³/mol. The molecular formula is C11H17BFNO3. The Kier molecular flexibility index (Phi) is 7.74. The molecule has 0 aliphatic rings. The van der Waals surface area contributed by atoms with Gasteiger partial charge in [-0.2, -0.15) is 0 Å².